The van der Waals surface area contributed by atoms with Crippen molar-refractivity contribution in [3.05, 3.63) is 52.8 Å². The van der Waals surface area contributed by atoms with E-state index in [0.29, 0.717) is 17.1 Å². The molecule has 0 fully saturated rings. The summed E-state index contributed by atoms with van der Waals surface area (Å²) in [6.07, 6.45) is -0.0215. The summed E-state index contributed by atoms with van der Waals surface area (Å²) in [5.41, 5.74) is 0.383. The predicted octanol–water partition coefficient (Wildman–Crippen LogP) is 4.53. The Hall–Kier alpha value is -2.27. The van der Waals surface area contributed by atoms with Crippen LogP contribution in [0.5, 0.6) is 11.5 Å². The lowest BCUT2D eigenvalue weighted by molar-refractivity contribution is 0.102. The summed E-state index contributed by atoms with van der Waals surface area (Å²) in [7, 11) is 1.49. The van der Waals surface area contributed by atoms with Gasteiger partial charge in [-0.3, -0.25) is 4.79 Å². The summed E-state index contributed by atoms with van der Waals surface area (Å²) in [6.45, 7) is 3.78. The van der Waals surface area contributed by atoms with Crippen LogP contribution in [0.25, 0.3) is 0 Å². The van der Waals surface area contributed by atoms with Crippen LogP contribution in [0.2, 0.25) is 5.02 Å². The fraction of sp³-hybridized carbons (Fsp3) is 0.235. The van der Waals surface area contributed by atoms with Gasteiger partial charge < -0.3 is 14.8 Å². The molecule has 0 heterocycles. The monoisotopic (exact) mass is 337 g/mol. The number of hydrogen-bond acceptors (Lipinski definition) is 3. The third-order valence-corrected chi connectivity index (χ3v) is 3.20. The molecule has 0 aliphatic rings. The van der Waals surface area contributed by atoms with Gasteiger partial charge in [0.15, 0.2) is 11.5 Å². The van der Waals surface area contributed by atoms with Crippen molar-refractivity contribution in [2.24, 2.45) is 0 Å². The van der Waals surface area contributed by atoms with E-state index in [0.717, 1.165) is 6.07 Å². The first-order valence-electron chi connectivity index (χ1n) is 7.02. The van der Waals surface area contributed by atoms with Crippen molar-refractivity contribution in [1.29, 1.82) is 0 Å². The van der Waals surface area contributed by atoms with Crippen molar-refractivity contribution in [3.63, 3.8) is 0 Å². The third kappa shape index (κ3) is 4.36. The van der Waals surface area contributed by atoms with Gasteiger partial charge >= 0.3 is 0 Å². The van der Waals surface area contributed by atoms with Crippen LogP contribution < -0.4 is 14.8 Å². The maximum atomic E-state index is 13.7. The van der Waals surface area contributed by atoms with Gasteiger partial charge in [0, 0.05) is 10.6 Å². The second kappa shape index (κ2) is 7.33. The molecule has 0 unspecified atom stereocenters. The normalized spacial score (nSPS) is 10.5. The Balaban J connectivity index is 2.22. The summed E-state index contributed by atoms with van der Waals surface area (Å²) < 4.78 is 24.6. The van der Waals surface area contributed by atoms with Crippen LogP contribution in [0, 0.1) is 5.82 Å². The molecule has 2 aromatic carbocycles. The molecule has 0 spiro atoms. The Morgan fingerprint density at radius 3 is 2.52 bits per heavy atom. The molecule has 2 aromatic rings. The van der Waals surface area contributed by atoms with E-state index in [9.17, 15) is 9.18 Å². The van der Waals surface area contributed by atoms with Gasteiger partial charge in [-0.25, -0.2) is 4.39 Å². The van der Waals surface area contributed by atoms with E-state index in [4.69, 9.17) is 21.1 Å². The molecule has 0 bridgehead atoms. The summed E-state index contributed by atoms with van der Waals surface area (Å²) in [5.74, 6) is -0.0853. The van der Waals surface area contributed by atoms with Gasteiger partial charge in [-0.2, -0.15) is 0 Å². The summed E-state index contributed by atoms with van der Waals surface area (Å²) in [5, 5.41) is 2.76. The third-order valence-electron chi connectivity index (χ3n) is 2.97. The minimum atomic E-state index is -0.599. The molecule has 0 atom stereocenters. The van der Waals surface area contributed by atoms with Crippen molar-refractivity contribution in [3.8, 4) is 11.5 Å². The molecule has 4 nitrogen and oxygen atoms in total. The zero-order valence-corrected chi connectivity index (χ0v) is 13.8. The fourth-order valence-corrected chi connectivity index (χ4v) is 2.10. The zero-order chi connectivity index (χ0) is 17.0. The average Bonchev–Trinajstić information content (AvgIpc) is 2.49. The lowest BCUT2D eigenvalue weighted by atomic mass is 10.1. The van der Waals surface area contributed by atoms with Crippen LogP contribution >= 0.6 is 11.6 Å². The fourth-order valence-electron chi connectivity index (χ4n) is 1.95. The van der Waals surface area contributed by atoms with Crippen LogP contribution in [0.4, 0.5) is 10.1 Å². The highest BCUT2D eigenvalue weighted by Gasteiger charge is 2.14. The number of amides is 1. The maximum absolute atomic E-state index is 13.7. The predicted molar refractivity (Wildman–Crippen MR) is 88.1 cm³/mol. The highest BCUT2D eigenvalue weighted by molar-refractivity contribution is 6.30. The van der Waals surface area contributed by atoms with E-state index in [1.54, 1.807) is 18.2 Å². The van der Waals surface area contributed by atoms with Crippen LogP contribution in [0.1, 0.15) is 24.2 Å². The van der Waals surface area contributed by atoms with Gasteiger partial charge in [-0.1, -0.05) is 11.6 Å². The van der Waals surface area contributed by atoms with Crippen LogP contribution in [-0.2, 0) is 0 Å². The topological polar surface area (TPSA) is 47.6 Å². The Morgan fingerprint density at radius 1 is 1.17 bits per heavy atom. The van der Waals surface area contributed by atoms with Crippen molar-refractivity contribution < 1.29 is 18.7 Å². The standard InChI is InChI=1S/C17H17ClFNO3/c1-10(2)23-15-7-4-11(8-16(15)22-3)17(21)20-14-6-5-12(18)9-13(14)19/h4-10H,1-3H3,(H,20,21). The molecule has 0 saturated carbocycles. The van der Waals surface area contributed by atoms with Crippen LogP contribution in [0.15, 0.2) is 36.4 Å². The molecular formula is C17H17ClFNO3. The maximum Gasteiger partial charge on any atom is 0.255 e. The van der Waals surface area contributed by atoms with Gasteiger partial charge in [0.25, 0.3) is 5.91 Å². The van der Waals surface area contributed by atoms with Gasteiger partial charge in [-0.15, -0.1) is 0 Å². The average molecular weight is 338 g/mol. The molecule has 0 radical (unpaired) electrons. The lowest BCUT2D eigenvalue weighted by Crippen LogP contribution is -2.13. The number of ether oxygens (including phenoxy) is 2. The summed E-state index contributed by atoms with van der Waals surface area (Å²) >= 11 is 5.69. The number of nitrogens with one attached hydrogen (secondary N) is 1. The number of hydrogen-bond donors (Lipinski definition) is 1. The van der Waals surface area contributed by atoms with Crippen LogP contribution in [-0.4, -0.2) is 19.1 Å². The molecule has 0 saturated heterocycles. The summed E-state index contributed by atoms with van der Waals surface area (Å²) in [6, 6.07) is 8.82. The first-order chi connectivity index (χ1) is 10.9. The number of benzene rings is 2. The SMILES string of the molecule is COc1cc(C(=O)Nc2ccc(Cl)cc2F)ccc1OC(C)C. The van der Waals surface area contributed by atoms with E-state index in [-0.39, 0.29) is 16.8 Å². The zero-order valence-electron chi connectivity index (χ0n) is 13.0. The first-order valence-corrected chi connectivity index (χ1v) is 7.39. The molecule has 0 aliphatic heterocycles. The molecule has 6 heteroatoms. The second-order valence-corrected chi connectivity index (χ2v) is 5.55. The second-order valence-electron chi connectivity index (χ2n) is 5.11. The molecule has 2 rings (SSSR count). The summed E-state index contributed by atoms with van der Waals surface area (Å²) in [4.78, 5) is 12.2. The largest absolute Gasteiger partial charge is 0.493 e. The number of rotatable bonds is 5. The molecular weight excluding hydrogens is 321 g/mol. The van der Waals surface area contributed by atoms with Gasteiger partial charge in [0.05, 0.1) is 18.9 Å². The molecule has 122 valence electrons. The number of halogens is 2. The van der Waals surface area contributed by atoms with Crippen LogP contribution in [0.3, 0.4) is 0 Å². The lowest BCUT2D eigenvalue weighted by Gasteiger charge is -2.14. The van der Waals surface area contributed by atoms with Crippen molar-refractivity contribution in [2.45, 2.75) is 20.0 Å². The van der Waals surface area contributed by atoms with E-state index in [1.807, 2.05) is 13.8 Å². The number of anilines is 1. The van der Waals surface area contributed by atoms with Crippen molar-refractivity contribution in [2.75, 3.05) is 12.4 Å². The highest BCUT2D eigenvalue weighted by atomic mass is 35.5. The number of carbonyl (C=O) groups is 1. The van der Waals surface area contributed by atoms with Gasteiger partial charge in [0.2, 0.25) is 0 Å². The molecule has 0 aromatic heterocycles. The number of carbonyl (C=O) groups excluding carboxylic acids is 1. The van der Waals surface area contributed by atoms with Gasteiger partial charge in [0.1, 0.15) is 5.82 Å². The number of methoxy groups -OCH3 is 1. The van der Waals surface area contributed by atoms with E-state index >= 15 is 0 Å². The Bertz CT molecular complexity index is 719. The Labute approximate surface area is 139 Å². The Kier molecular flexibility index (Phi) is 5.45. The molecule has 23 heavy (non-hydrogen) atoms. The smallest absolute Gasteiger partial charge is 0.255 e. The van der Waals surface area contributed by atoms with E-state index in [1.165, 1.54) is 19.2 Å². The van der Waals surface area contributed by atoms with Gasteiger partial charge in [-0.05, 0) is 50.2 Å². The molecule has 1 amide bonds. The minimum absolute atomic E-state index is 0.0215. The highest BCUT2D eigenvalue weighted by Crippen LogP contribution is 2.29. The quantitative estimate of drug-likeness (QED) is 0.872. The molecule has 0 aliphatic carbocycles. The minimum Gasteiger partial charge on any atom is -0.493 e. The van der Waals surface area contributed by atoms with E-state index < -0.39 is 11.7 Å². The first kappa shape index (κ1) is 17.1. The van der Waals surface area contributed by atoms with E-state index in [2.05, 4.69) is 5.32 Å². The molecule has 1 N–H and O–H groups in total. The van der Waals surface area contributed by atoms with Crippen molar-refractivity contribution >= 4 is 23.2 Å². The Morgan fingerprint density at radius 2 is 1.91 bits per heavy atom. The van der Waals surface area contributed by atoms with Crippen molar-refractivity contribution in [1.82, 2.24) is 0 Å².